The first-order valence-electron chi connectivity index (χ1n) is 6.30. The molecule has 0 bridgehead atoms. The van der Waals surface area contributed by atoms with E-state index in [1.54, 1.807) is 18.3 Å². The molecule has 0 amide bonds. The van der Waals surface area contributed by atoms with Crippen molar-refractivity contribution in [3.05, 3.63) is 58.4 Å². The number of aliphatic hydroxyl groups is 1. The lowest BCUT2D eigenvalue weighted by molar-refractivity contribution is 0.206. The van der Waals surface area contributed by atoms with Gasteiger partial charge in [0.2, 0.25) is 0 Å². The molecule has 1 aliphatic rings. The van der Waals surface area contributed by atoms with Crippen LogP contribution in [0.15, 0.2) is 36.5 Å². The molecule has 19 heavy (non-hydrogen) atoms. The van der Waals surface area contributed by atoms with Crippen molar-refractivity contribution in [3.8, 4) is 5.75 Å². The molecule has 2 aromatic rings. The standard InChI is InChI=1S/C15H14ClNO2/c16-13-7-6-11(9-17-13)14(18)12-5-1-3-10-4-2-8-19-15(10)12/h1,3,5-7,9,14,18H,2,4,8H2. The fourth-order valence-corrected chi connectivity index (χ4v) is 2.47. The first-order chi connectivity index (χ1) is 9.25. The number of nitrogens with zero attached hydrogens (tertiary/aromatic N) is 1. The second-order valence-electron chi connectivity index (χ2n) is 4.60. The highest BCUT2D eigenvalue weighted by Crippen LogP contribution is 2.35. The van der Waals surface area contributed by atoms with E-state index in [1.807, 2.05) is 18.2 Å². The Morgan fingerprint density at radius 3 is 2.95 bits per heavy atom. The first kappa shape index (κ1) is 12.5. The summed E-state index contributed by atoms with van der Waals surface area (Å²) in [4.78, 5) is 4.00. The number of benzene rings is 1. The zero-order valence-electron chi connectivity index (χ0n) is 10.3. The summed E-state index contributed by atoms with van der Waals surface area (Å²) in [6.45, 7) is 0.704. The van der Waals surface area contributed by atoms with Crippen molar-refractivity contribution < 1.29 is 9.84 Å². The van der Waals surface area contributed by atoms with Gasteiger partial charge < -0.3 is 9.84 Å². The lowest BCUT2D eigenvalue weighted by Crippen LogP contribution is -2.12. The van der Waals surface area contributed by atoms with Gasteiger partial charge in [0.1, 0.15) is 17.0 Å². The predicted molar refractivity (Wildman–Crippen MR) is 73.6 cm³/mol. The molecule has 0 saturated heterocycles. The Morgan fingerprint density at radius 2 is 2.16 bits per heavy atom. The zero-order valence-corrected chi connectivity index (χ0v) is 11.1. The molecule has 3 nitrogen and oxygen atoms in total. The van der Waals surface area contributed by atoms with Crippen LogP contribution < -0.4 is 4.74 Å². The second-order valence-corrected chi connectivity index (χ2v) is 4.99. The lowest BCUT2D eigenvalue weighted by Gasteiger charge is -2.22. The summed E-state index contributed by atoms with van der Waals surface area (Å²) in [6, 6.07) is 9.35. The van der Waals surface area contributed by atoms with Crippen LogP contribution in [0.25, 0.3) is 0 Å². The largest absolute Gasteiger partial charge is 0.493 e. The fourth-order valence-electron chi connectivity index (χ4n) is 2.36. The molecule has 0 radical (unpaired) electrons. The molecular weight excluding hydrogens is 262 g/mol. The topological polar surface area (TPSA) is 42.4 Å². The van der Waals surface area contributed by atoms with E-state index in [0.29, 0.717) is 17.3 Å². The molecule has 98 valence electrons. The van der Waals surface area contributed by atoms with Crippen LogP contribution in [-0.4, -0.2) is 16.7 Å². The van der Waals surface area contributed by atoms with Crippen molar-refractivity contribution in [1.29, 1.82) is 0 Å². The van der Waals surface area contributed by atoms with Crippen LogP contribution in [0.1, 0.15) is 29.2 Å². The minimum absolute atomic E-state index is 0.419. The number of halogens is 1. The Bertz CT molecular complexity index is 583. The van der Waals surface area contributed by atoms with Crippen molar-refractivity contribution in [3.63, 3.8) is 0 Å². The highest BCUT2D eigenvalue weighted by molar-refractivity contribution is 6.29. The van der Waals surface area contributed by atoms with E-state index < -0.39 is 6.10 Å². The summed E-state index contributed by atoms with van der Waals surface area (Å²) < 4.78 is 5.71. The predicted octanol–water partition coefficient (Wildman–Crippen LogP) is 3.14. The number of pyridine rings is 1. The quantitative estimate of drug-likeness (QED) is 0.856. The Balaban J connectivity index is 1.99. The molecule has 1 aliphatic heterocycles. The molecule has 0 fully saturated rings. The normalized spacial score (nSPS) is 15.5. The van der Waals surface area contributed by atoms with E-state index in [2.05, 4.69) is 4.98 Å². The van der Waals surface area contributed by atoms with Gasteiger partial charge in [0.15, 0.2) is 0 Å². The third-order valence-electron chi connectivity index (χ3n) is 3.32. The van der Waals surface area contributed by atoms with E-state index in [4.69, 9.17) is 16.3 Å². The maximum absolute atomic E-state index is 10.5. The molecule has 2 heterocycles. The van der Waals surface area contributed by atoms with E-state index in [1.165, 1.54) is 0 Å². The van der Waals surface area contributed by atoms with Gasteiger partial charge in [-0.25, -0.2) is 4.98 Å². The van der Waals surface area contributed by atoms with Crippen LogP contribution in [0.5, 0.6) is 5.75 Å². The summed E-state index contributed by atoms with van der Waals surface area (Å²) >= 11 is 5.76. The Morgan fingerprint density at radius 1 is 1.26 bits per heavy atom. The summed E-state index contributed by atoms with van der Waals surface area (Å²) in [6.07, 6.45) is 2.87. The van der Waals surface area contributed by atoms with Crippen LogP contribution in [-0.2, 0) is 6.42 Å². The molecule has 3 rings (SSSR count). The van der Waals surface area contributed by atoms with Crippen molar-refractivity contribution in [1.82, 2.24) is 4.98 Å². The van der Waals surface area contributed by atoms with Crippen molar-refractivity contribution in [2.75, 3.05) is 6.61 Å². The van der Waals surface area contributed by atoms with Crippen LogP contribution in [0.4, 0.5) is 0 Å². The van der Waals surface area contributed by atoms with E-state index in [-0.39, 0.29) is 0 Å². The SMILES string of the molecule is OC(c1ccc(Cl)nc1)c1cccc2c1OCCC2. The van der Waals surface area contributed by atoms with Gasteiger partial charge in [-0.3, -0.25) is 0 Å². The smallest absolute Gasteiger partial charge is 0.129 e. The van der Waals surface area contributed by atoms with Gasteiger partial charge in [-0.1, -0.05) is 35.9 Å². The number of fused-ring (bicyclic) bond motifs is 1. The molecule has 4 heteroatoms. The minimum atomic E-state index is -0.738. The number of hydrogen-bond donors (Lipinski definition) is 1. The molecule has 1 N–H and O–H groups in total. The molecule has 1 aromatic carbocycles. The van der Waals surface area contributed by atoms with Crippen LogP contribution in [0, 0.1) is 0 Å². The van der Waals surface area contributed by atoms with Crippen molar-refractivity contribution >= 4 is 11.6 Å². The average molecular weight is 276 g/mol. The van der Waals surface area contributed by atoms with E-state index in [9.17, 15) is 5.11 Å². The Hall–Kier alpha value is -1.58. The second kappa shape index (κ2) is 5.19. The molecule has 0 aliphatic carbocycles. The summed E-state index contributed by atoms with van der Waals surface area (Å²) in [7, 11) is 0. The Labute approximate surface area is 116 Å². The van der Waals surface area contributed by atoms with E-state index >= 15 is 0 Å². The molecule has 0 saturated carbocycles. The van der Waals surface area contributed by atoms with Crippen molar-refractivity contribution in [2.45, 2.75) is 18.9 Å². The van der Waals surface area contributed by atoms with Crippen molar-refractivity contribution in [2.24, 2.45) is 0 Å². The number of aryl methyl sites for hydroxylation is 1. The minimum Gasteiger partial charge on any atom is -0.493 e. The van der Waals surface area contributed by atoms with Gasteiger partial charge >= 0.3 is 0 Å². The van der Waals surface area contributed by atoms with Gasteiger partial charge in [0, 0.05) is 17.3 Å². The lowest BCUT2D eigenvalue weighted by atomic mass is 9.96. The molecule has 1 unspecified atom stereocenters. The molecule has 1 atom stereocenters. The molecule has 0 spiro atoms. The summed E-state index contributed by atoms with van der Waals surface area (Å²) in [5, 5.41) is 10.9. The van der Waals surface area contributed by atoms with E-state index in [0.717, 1.165) is 29.7 Å². The Kier molecular flexibility index (Phi) is 3.40. The highest BCUT2D eigenvalue weighted by atomic mass is 35.5. The maximum Gasteiger partial charge on any atom is 0.129 e. The van der Waals surface area contributed by atoms with Crippen LogP contribution in [0.3, 0.4) is 0 Å². The first-order valence-corrected chi connectivity index (χ1v) is 6.67. The van der Waals surface area contributed by atoms with Crippen LogP contribution in [0.2, 0.25) is 5.15 Å². The summed E-state index contributed by atoms with van der Waals surface area (Å²) in [5.41, 5.74) is 2.66. The van der Waals surface area contributed by atoms with Gasteiger partial charge in [-0.15, -0.1) is 0 Å². The molecular formula is C15H14ClNO2. The maximum atomic E-state index is 10.5. The third kappa shape index (κ3) is 2.44. The average Bonchev–Trinajstić information content (AvgIpc) is 2.47. The fraction of sp³-hybridized carbons (Fsp3) is 0.267. The number of para-hydroxylation sites is 1. The van der Waals surface area contributed by atoms with Gasteiger partial charge in [0.25, 0.3) is 0 Å². The number of aromatic nitrogens is 1. The number of aliphatic hydroxyl groups excluding tert-OH is 1. The van der Waals surface area contributed by atoms with Gasteiger partial charge in [-0.05, 0) is 24.5 Å². The monoisotopic (exact) mass is 275 g/mol. The zero-order chi connectivity index (χ0) is 13.2. The van der Waals surface area contributed by atoms with Gasteiger partial charge in [0.05, 0.1) is 6.61 Å². The van der Waals surface area contributed by atoms with Gasteiger partial charge in [-0.2, -0.15) is 0 Å². The number of ether oxygens (including phenoxy) is 1. The summed E-state index contributed by atoms with van der Waals surface area (Å²) in [5.74, 6) is 0.816. The highest BCUT2D eigenvalue weighted by Gasteiger charge is 2.20. The number of rotatable bonds is 2. The molecule has 1 aromatic heterocycles. The third-order valence-corrected chi connectivity index (χ3v) is 3.55. The van der Waals surface area contributed by atoms with Crippen LogP contribution >= 0.6 is 11.6 Å². The number of hydrogen-bond acceptors (Lipinski definition) is 3.